The Bertz CT molecular complexity index is 1190. The summed E-state index contributed by atoms with van der Waals surface area (Å²) in [6.45, 7) is 9.33. The Hall–Kier alpha value is -3.00. The first-order chi connectivity index (χ1) is 14.2. The minimum Gasteiger partial charge on any atom is -0.478 e. The van der Waals surface area contributed by atoms with Gasteiger partial charge in [0.1, 0.15) is 16.7 Å². The quantitative estimate of drug-likeness (QED) is 0.609. The number of nitrogens with one attached hydrogen (secondary N) is 1. The molecule has 0 saturated carbocycles. The van der Waals surface area contributed by atoms with E-state index in [1.54, 1.807) is 6.92 Å². The predicted molar refractivity (Wildman–Crippen MR) is 119 cm³/mol. The summed E-state index contributed by atoms with van der Waals surface area (Å²) < 4.78 is 1.32. The maximum atomic E-state index is 13.3. The normalized spacial score (nSPS) is 12.3. The van der Waals surface area contributed by atoms with Gasteiger partial charge in [-0.15, -0.1) is 11.3 Å². The van der Waals surface area contributed by atoms with Crippen LogP contribution in [0.4, 0.5) is 5.69 Å². The number of carbonyl (C=O) groups is 2. The van der Waals surface area contributed by atoms with Crippen molar-refractivity contribution in [1.29, 1.82) is 0 Å². The lowest BCUT2D eigenvalue weighted by Crippen LogP contribution is -2.35. The molecule has 3 aromatic rings. The number of aryl methyl sites for hydroxylation is 2. The molecule has 0 fully saturated rings. The van der Waals surface area contributed by atoms with Gasteiger partial charge in [-0.3, -0.25) is 14.2 Å². The van der Waals surface area contributed by atoms with Crippen molar-refractivity contribution in [2.75, 3.05) is 5.32 Å². The lowest BCUT2D eigenvalue weighted by atomic mass is 10.1. The summed E-state index contributed by atoms with van der Waals surface area (Å²) in [7, 11) is 0. The van der Waals surface area contributed by atoms with Crippen molar-refractivity contribution in [3.8, 4) is 0 Å². The molecule has 0 bridgehead atoms. The number of amides is 1. The van der Waals surface area contributed by atoms with E-state index < -0.39 is 17.6 Å². The van der Waals surface area contributed by atoms with Crippen LogP contribution in [0.25, 0.3) is 10.2 Å². The number of rotatable bonds is 6. The number of carboxylic acids is 1. The predicted octanol–water partition coefficient (Wildman–Crippen LogP) is 4.35. The van der Waals surface area contributed by atoms with Crippen LogP contribution in [0, 0.1) is 6.92 Å². The fraction of sp³-hybridized carbons (Fsp3) is 0.364. The summed E-state index contributed by atoms with van der Waals surface area (Å²) >= 11 is 1.12. The van der Waals surface area contributed by atoms with E-state index in [0.717, 1.165) is 34.6 Å². The second kappa shape index (κ2) is 8.39. The molecule has 1 atom stereocenters. The third-order valence-electron chi connectivity index (χ3n) is 5.17. The van der Waals surface area contributed by atoms with Crippen LogP contribution in [0.2, 0.25) is 0 Å². The fourth-order valence-electron chi connectivity index (χ4n) is 3.50. The lowest BCUT2D eigenvalue weighted by Gasteiger charge is -2.22. The zero-order chi connectivity index (χ0) is 22.2. The Labute approximate surface area is 178 Å². The molecule has 8 heteroatoms. The molecule has 1 aromatic carbocycles. The van der Waals surface area contributed by atoms with Crippen molar-refractivity contribution < 1.29 is 14.7 Å². The molecule has 0 aliphatic carbocycles. The number of benzene rings is 1. The van der Waals surface area contributed by atoms with E-state index in [1.165, 1.54) is 9.95 Å². The first-order valence-electron chi connectivity index (χ1n) is 9.83. The Morgan fingerprint density at radius 1 is 1.27 bits per heavy atom. The van der Waals surface area contributed by atoms with Crippen LogP contribution in [0.5, 0.6) is 0 Å². The number of aromatic nitrogens is 2. The maximum absolute atomic E-state index is 13.3. The third-order valence-corrected chi connectivity index (χ3v) is 6.04. The van der Waals surface area contributed by atoms with Crippen molar-refractivity contribution in [2.24, 2.45) is 0 Å². The van der Waals surface area contributed by atoms with E-state index in [2.05, 4.69) is 10.3 Å². The van der Waals surface area contributed by atoms with Gasteiger partial charge in [0.2, 0.25) is 5.91 Å². The van der Waals surface area contributed by atoms with Crippen LogP contribution >= 0.6 is 11.3 Å². The number of carboxylic acid groups (broad SMARTS) is 1. The second-order valence-corrected chi connectivity index (χ2v) is 8.42. The maximum Gasteiger partial charge on any atom is 0.337 e. The average molecular weight is 428 g/mol. The number of hydrogen-bond donors (Lipinski definition) is 2. The number of thiophene rings is 1. The number of anilines is 1. The van der Waals surface area contributed by atoms with Crippen LogP contribution in [0.3, 0.4) is 0 Å². The highest BCUT2D eigenvalue weighted by Gasteiger charge is 2.26. The van der Waals surface area contributed by atoms with Gasteiger partial charge in [-0.25, -0.2) is 9.78 Å². The number of hydrogen-bond acceptors (Lipinski definition) is 5. The second-order valence-electron chi connectivity index (χ2n) is 7.56. The summed E-state index contributed by atoms with van der Waals surface area (Å²) in [5, 5.41) is 13.9. The minimum absolute atomic E-state index is 0.0432. The zero-order valence-corrected chi connectivity index (χ0v) is 18.5. The van der Waals surface area contributed by atoms with Gasteiger partial charge in [0, 0.05) is 17.0 Å². The number of fused-ring (bicyclic) bond motifs is 1. The number of aromatic carboxylic acids is 1. The number of nitrogens with zero attached hydrogens (tertiary/aromatic N) is 2. The first kappa shape index (κ1) is 21.7. The Morgan fingerprint density at radius 2 is 1.97 bits per heavy atom. The van der Waals surface area contributed by atoms with Crippen molar-refractivity contribution in [3.63, 3.8) is 0 Å². The van der Waals surface area contributed by atoms with Crippen LogP contribution in [0.1, 0.15) is 67.0 Å². The summed E-state index contributed by atoms with van der Waals surface area (Å²) in [6, 6.07) is 4.95. The molecule has 0 aliphatic heterocycles. The highest BCUT2D eigenvalue weighted by molar-refractivity contribution is 7.17. The van der Waals surface area contributed by atoms with Gasteiger partial charge in [0.25, 0.3) is 5.56 Å². The van der Waals surface area contributed by atoms with Crippen molar-refractivity contribution in [3.05, 3.63) is 56.4 Å². The van der Waals surface area contributed by atoms with E-state index in [-0.39, 0.29) is 22.8 Å². The molecule has 2 aromatic heterocycles. The molecule has 0 aliphatic rings. The van der Waals surface area contributed by atoms with Gasteiger partial charge in [-0.2, -0.15) is 0 Å². The number of carbonyl (C=O) groups excluding carboxylic acids is 1. The molecule has 0 radical (unpaired) electrons. The molecule has 7 nitrogen and oxygen atoms in total. The van der Waals surface area contributed by atoms with Gasteiger partial charge in [-0.1, -0.05) is 39.0 Å². The molecule has 1 amide bonds. The highest BCUT2D eigenvalue weighted by atomic mass is 32.1. The lowest BCUT2D eigenvalue weighted by molar-refractivity contribution is -0.119. The summed E-state index contributed by atoms with van der Waals surface area (Å²) in [5.41, 5.74) is 2.09. The third kappa shape index (κ3) is 3.75. The first-order valence-corrected chi connectivity index (χ1v) is 10.7. The molecule has 2 N–H and O–H groups in total. The zero-order valence-electron chi connectivity index (χ0n) is 17.6. The van der Waals surface area contributed by atoms with Crippen molar-refractivity contribution in [2.45, 2.75) is 53.0 Å². The summed E-state index contributed by atoms with van der Waals surface area (Å²) in [6.07, 6.45) is 0.757. The van der Waals surface area contributed by atoms with Gasteiger partial charge in [-0.05, 0) is 31.4 Å². The molecule has 2 heterocycles. The molecule has 3 rings (SSSR count). The largest absolute Gasteiger partial charge is 0.478 e. The van der Waals surface area contributed by atoms with E-state index in [4.69, 9.17) is 0 Å². The van der Waals surface area contributed by atoms with E-state index >= 15 is 0 Å². The Balaban J connectivity index is 2.13. The monoisotopic (exact) mass is 427 g/mol. The van der Waals surface area contributed by atoms with Gasteiger partial charge in [0.05, 0.1) is 10.9 Å². The molecule has 158 valence electrons. The van der Waals surface area contributed by atoms with E-state index in [0.29, 0.717) is 10.7 Å². The molecule has 1 unspecified atom stereocenters. The SMILES string of the molecule is CCc1cccc(C)c1NC(=O)C(C)n1c(C(C)C)nc2scc(C(=O)O)c2c1=O. The Kier molecular flexibility index (Phi) is 6.07. The van der Waals surface area contributed by atoms with Crippen molar-refractivity contribution >= 4 is 39.1 Å². The molecule has 30 heavy (non-hydrogen) atoms. The standard InChI is InChI=1S/C22H25N3O4S/c1-6-14-9-7-8-12(4)17(14)23-19(26)13(5)25-18(11(2)3)24-20-16(21(25)27)15(10-30-20)22(28)29/h7-11,13H,6H2,1-5H3,(H,23,26)(H,28,29). The van der Waals surface area contributed by atoms with Crippen LogP contribution < -0.4 is 10.9 Å². The summed E-state index contributed by atoms with van der Waals surface area (Å²) in [4.78, 5) is 42.9. The van der Waals surface area contributed by atoms with Gasteiger partial charge in [0.15, 0.2) is 0 Å². The highest BCUT2D eigenvalue weighted by Crippen LogP contribution is 2.27. The van der Waals surface area contributed by atoms with Crippen LogP contribution in [0.15, 0.2) is 28.4 Å². The van der Waals surface area contributed by atoms with Crippen LogP contribution in [-0.2, 0) is 11.2 Å². The molecule has 0 spiro atoms. The average Bonchev–Trinajstić information content (AvgIpc) is 3.13. The minimum atomic E-state index is -1.19. The number of para-hydroxylation sites is 1. The van der Waals surface area contributed by atoms with Crippen LogP contribution in [-0.4, -0.2) is 26.5 Å². The summed E-state index contributed by atoms with van der Waals surface area (Å²) in [5.74, 6) is -1.21. The van der Waals surface area contributed by atoms with E-state index in [1.807, 2.05) is 45.9 Å². The van der Waals surface area contributed by atoms with Gasteiger partial charge >= 0.3 is 5.97 Å². The molecular weight excluding hydrogens is 402 g/mol. The Morgan fingerprint density at radius 3 is 2.57 bits per heavy atom. The van der Waals surface area contributed by atoms with E-state index in [9.17, 15) is 19.5 Å². The fourth-order valence-corrected chi connectivity index (χ4v) is 4.41. The van der Waals surface area contributed by atoms with Gasteiger partial charge < -0.3 is 10.4 Å². The molecular formula is C22H25N3O4S. The topological polar surface area (TPSA) is 101 Å². The molecule has 0 saturated heterocycles. The smallest absolute Gasteiger partial charge is 0.337 e. The van der Waals surface area contributed by atoms with Crippen molar-refractivity contribution in [1.82, 2.24) is 9.55 Å².